The van der Waals surface area contributed by atoms with Gasteiger partial charge in [0.15, 0.2) is 0 Å². The lowest BCUT2D eigenvalue weighted by atomic mass is 10.2. The third kappa shape index (κ3) is 2.94. The van der Waals surface area contributed by atoms with Gasteiger partial charge >= 0.3 is 0 Å². The van der Waals surface area contributed by atoms with Crippen LogP contribution in [0.5, 0.6) is 0 Å². The minimum Gasteiger partial charge on any atom is -0.396 e. The number of hydrogen-bond acceptors (Lipinski definition) is 4. The summed E-state index contributed by atoms with van der Waals surface area (Å²) in [7, 11) is 1.54. The first-order valence-corrected chi connectivity index (χ1v) is 5.03. The molecular formula is C9H14ClN3O2. The van der Waals surface area contributed by atoms with Gasteiger partial charge in [-0.25, -0.2) is 4.68 Å². The van der Waals surface area contributed by atoms with Crippen LogP contribution in [0.4, 0.5) is 5.69 Å². The predicted octanol–water partition coefficient (Wildman–Crippen LogP) is 0.616. The maximum atomic E-state index is 11.4. The Morgan fingerprint density at radius 2 is 2.40 bits per heavy atom. The van der Waals surface area contributed by atoms with Gasteiger partial charge in [0.25, 0.3) is 5.56 Å². The van der Waals surface area contributed by atoms with Crippen LogP contribution in [-0.4, -0.2) is 27.5 Å². The summed E-state index contributed by atoms with van der Waals surface area (Å²) in [6, 6.07) is 0.0430. The van der Waals surface area contributed by atoms with E-state index in [1.165, 1.54) is 17.9 Å². The van der Waals surface area contributed by atoms with Crippen LogP contribution in [0.1, 0.15) is 13.3 Å². The lowest BCUT2D eigenvalue weighted by Gasteiger charge is -2.14. The summed E-state index contributed by atoms with van der Waals surface area (Å²) < 4.78 is 1.17. The molecule has 2 N–H and O–H groups in total. The molecule has 0 amide bonds. The van der Waals surface area contributed by atoms with Crippen LogP contribution in [0.15, 0.2) is 11.0 Å². The Hall–Kier alpha value is -1.07. The maximum Gasteiger partial charge on any atom is 0.287 e. The van der Waals surface area contributed by atoms with Gasteiger partial charge in [-0.1, -0.05) is 11.6 Å². The largest absolute Gasteiger partial charge is 0.396 e. The van der Waals surface area contributed by atoms with Gasteiger partial charge in [-0.05, 0) is 13.3 Å². The minimum absolute atomic E-state index is 0.0430. The molecule has 0 aromatic carbocycles. The number of aromatic nitrogens is 2. The smallest absolute Gasteiger partial charge is 0.287 e. The highest BCUT2D eigenvalue weighted by Gasteiger charge is 2.09. The Kier molecular flexibility index (Phi) is 4.11. The van der Waals surface area contributed by atoms with Crippen molar-refractivity contribution in [3.05, 3.63) is 21.6 Å². The van der Waals surface area contributed by atoms with Gasteiger partial charge in [-0.3, -0.25) is 4.79 Å². The van der Waals surface area contributed by atoms with E-state index in [4.69, 9.17) is 16.7 Å². The number of anilines is 1. The number of aliphatic hydroxyl groups is 1. The van der Waals surface area contributed by atoms with E-state index in [9.17, 15) is 4.79 Å². The molecule has 5 nitrogen and oxygen atoms in total. The molecule has 0 radical (unpaired) electrons. The van der Waals surface area contributed by atoms with Crippen LogP contribution in [-0.2, 0) is 7.05 Å². The molecule has 0 aliphatic heterocycles. The minimum atomic E-state index is -0.335. The van der Waals surface area contributed by atoms with Gasteiger partial charge in [0.1, 0.15) is 5.02 Å². The number of rotatable bonds is 4. The van der Waals surface area contributed by atoms with Crippen molar-refractivity contribution in [2.45, 2.75) is 19.4 Å². The van der Waals surface area contributed by atoms with Crippen molar-refractivity contribution in [1.82, 2.24) is 9.78 Å². The molecule has 1 aromatic rings. The Balaban J connectivity index is 2.87. The zero-order valence-electron chi connectivity index (χ0n) is 8.70. The molecule has 1 unspecified atom stereocenters. The van der Waals surface area contributed by atoms with E-state index in [0.717, 1.165) is 0 Å². The Bertz CT molecular complexity index is 391. The van der Waals surface area contributed by atoms with Gasteiger partial charge in [0, 0.05) is 19.7 Å². The highest BCUT2D eigenvalue weighted by molar-refractivity contribution is 6.32. The van der Waals surface area contributed by atoms with Crippen molar-refractivity contribution >= 4 is 17.3 Å². The van der Waals surface area contributed by atoms with E-state index >= 15 is 0 Å². The van der Waals surface area contributed by atoms with Crippen LogP contribution in [0.25, 0.3) is 0 Å². The van der Waals surface area contributed by atoms with E-state index in [-0.39, 0.29) is 23.2 Å². The molecule has 1 heterocycles. The standard InChI is InChI=1S/C9H14ClN3O2/c1-6(3-4-14)12-7-5-11-13(2)9(15)8(7)10/h5-6,12,14H,3-4H2,1-2H3. The number of halogens is 1. The van der Waals surface area contributed by atoms with Crippen molar-refractivity contribution in [2.75, 3.05) is 11.9 Å². The molecule has 0 saturated carbocycles. The summed E-state index contributed by atoms with van der Waals surface area (Å²) in [5.74, 6) is 0. The second kappa shape index (κ2) is 5.14. The molecule has 0 bridgehead atoms. The first-order chi connectivity index (χ1) is 7.06. The average molecular weight is 232 g/mol. The van der Waals surface area contributed by atoms with Crippen molar-refractivity contribution in [3.8, 4) is 0 Å². The number of hydrogen-bond donors (Lipinski definition) is 2. The molecule has 0 aliphatic rings. The summed E-state index contributed by atoms with van der Waals surface area (Å²) in [5.41, 5.74) is 0.165. The first kappa shape index (κ1) is 12.0. The second-order valence-corrected chi connectivity index (χ2v) is 3.74. The van der Waals surface area contributed by atoms with Gasteiger partial charge in [0.2, 0.25) is 0 Å². The molecule has 0 fully saturated rings. The lowest BCUT2D eigenvalue weighted by molar-refractivity contribution is 0.282. The van der Waals surface area contributed by atoms with E-state index in [2.05, 4.69) is 10.4 Å². The maximum absolute atomic E-state index is 11.4. The number of aryl methyl sites for hydroxylation is 1. The van der Waals surface area contributed by atoms with Gasteiger partial charge in [-0.2, -0.15) is 5.10 Å². The number of aliphatic hydroxyl groups excluding tert-OH is 1. The number of nitrogens with zero attached hydrogens (tertiary/aromatic N) is 2. The van der Waals surface area contributed by atoms with Crippen LogP contribution in [0, 0.1) is 0 Å². The van der Waals surface area contributed by atoms with Gasteiger partial charge < -0.3 is 10.4 Å². The molecule has 1 rings (SSSR count). The average Bonchev–Trinajstić information content (AvgIpc) is 2.20. The van der Waals surface area contributed by atoms with E-state index in [0.29, 0.717) is 12.1 Å². The molecular weight excluding hydrogens is 218 g/mol. The quantitative estimate of drug-likeness (QED) is 0.797. The Labute approximate surface area is 92.7 Å². The summed E-state index contributed by atoms with van der Waals surface area (Å²) in [4.78, 5) is 11.4. The summed E-state index contributed by atoms with van der Waals surface area (Å²) in [6.45, 7) is 1.98. The lowest BCUT2D eigenvalue weighted by Crippen LogP contribution is -2.24. The molecule has 1 aromatic heterocycles. The predicted molar refractivity (Wildman–Crippen MR) is 59.3 cm³/mol. The van der Waals surface area contributed by atoms with Crippen LogP contribution < -0.4 is 10.9 Å². The molecule has 0 aliphatic carbocycles. The van der Waals surface area contributed by atoms with E-state index < -0.39 is 0 Å². The summed E-state index contributed by atoms with van der Waals surface area (Å²) in [5, 5.41) is 15.7. The van der Waals surface area contributed by atoms with Gasteiger partial charge in [-0.15, -0.1) is 0 Å². The van der Waals surface area contributed by atoms with Crippen molar-refractivity contribution in [3.63, 3.8) is 0 Å². The highest BCUT2D eigenvalue weighted by Crippen LogP contribution is 2.16. The van der Waals surface area contributed by atoms with Crippen molar-refractivity contribution in [2.24, 2.45) is 7.05 Å². The zero-order chi connectivity index (χ0) is 11.4. The van der Waals surface area contributed by atoms with Crippen molar-refractivity contribution < 1.29 is 5.11 Å². The zero-order valence-corrected chi connectivity index (χ0v) is 9.45. The Morgan fingerprint density at radius 3 is 3.00 bits per heavy atom. The molecule has 1 atom stereocenters. The Morgan fingerprint density at radius 1 is 1.73 bits per heavy atom. The highest BCUT2D eigenvalue weighted by atomic mass is 35.5. The van der Waals surface area contributed by atoms with Crippen LogP contribution in [0.2, 0.25) is 5.02 Å². The van der Waals surface area contributed by atoms with Crippen LogP contribution >= 0.6 is 11.6 Å². The van der Waals surface area contributed by atoms with Gasteiger partial charge in [0.05, 0.1) is 11.9 Å². The van der Waals surface area contributed by atoms with E-state index in [1.54, 1.807) is 0 Å². The number of nitrogens with one attached hydrogen (secondary N) is 1. The normalized spacial score (nSPS) is 12.5. The summed E-state index contributed by atoms with van der Waals surface area (Å²) >= 11 is 5.84. The molecule has 15 heavy (non-hydrogen) atoms. The van der Waals surface area contributed by atoms with Crippen LogP contribution in [0.3, 0.4) is 0 Å². The monoisotopic (exact) mass is 231 g/mol. The summed E-state index contributed by atoms with van der Waals surface area (Å²) in [6.07, 6.45) is 2.09. The molecule has 0 spiro atoms. The topological polar surface area (TPSA) is 67.2 Å². The fraction of sp³-hybridized carbons (Fsp3) is 0.556. The molecule has 0 saturated heterocycles. The fourth-order valence-corrected chi connectivity index (χ4v) is 1.37. The molecule has 84 valence electrons. The van der Waals surface area contributed by atoms with Crippen molar-refractivity contribution in [1.29, 1.82) is 0 Å². The first-order valence-electron chi connectivity index (χ1n) is 4.65. The second-order valence-electron chi connectivity index (χ2n) is 3.36. The fourth-order valence-electron chi connectivity index (χ4n) is 1.14. The van der Waals surface area contributed by atoms with E-state index in [1.807, 2.05) is 6.92 Å². The third-order valence-electron chi connectivity index (χ3n) is 2.04. The third-order valence-corrected chi connectivity index (χ3v) is 2.41. The molecule has 6 heteroatoms. The SMILES string of the molecule is CC(CCO)Nc1cnn(C)c(=O)c1Cl.